The first-order valence-corrected chi connectivity index (χ1v) is 4.19. The third kappa shape index (κ3) is 6.00. The van der Waals surface area contributed by atoms with Crippen molar-refractivity contribution in [2.75, 3.05) is 6.54 Å². The van der Waals surface area contributed by atoms with Gasteiger partial charge in [0.2, 0.25) is 9.70 Å². The van der Waals surface area contributed by atoms with E-state index in [0.717, 1.165) is 6.42 Å². The van der Waals surface area contributed by atoms with Gasteiger partial charge in [-0.05, 0) is 6.42 Å². The highest BCUT2D eigenvalue weighted by atomic mass is 127. The van der Waals surface area contributed by atoms with Gasteiger partial charge in [-0.25, -0.2) is 0 Å². The van der Waals surface area contributed by atoms with Gasteiger partial charge in [0.1, 0.15) is 0 Å². The fourth-order valence-electron chi connectivity index (χ4n) is 0.453. The minimum Gasteiger partial charge on any atom is -0.356 e. The lowest BCUT2D eigenvalue weighted by Crippen LogP contribution is -2.24. The van der Waals surface area contributed by atoms with Gasteiger partial charge in [-0.2, -0.15) is 0 Å². The average molecular weight is 255 g/mol. The summed E-state index contributed by atoms with van der Waals surface area (Å²) in [6.07, 6.45) is 0.905. The second-order valence-corrected chi connectivity index (χ2v) is 3.09. The second-order valence-electron chi connectivity index (χ2n) is 1.88. The number of hydrogen-bond acceptors (Lipinski definition) is 2. The fourth-order valence-corrected chi connectivity index (χ4v) is 0.800. The van der Waals surface area contributed by atoms with Crippen LogP contribution in [0, 0.1) is 0 Å². The molecule has 58 valence electrons. The number of rotatable bonds is 4. The van der Waals surface area contributed by atoms with Gasteiger partial charge in [0.25, 0.3) is 0 Å². The molecule has 0 aromatic carbocycles. The number of nitrogens with one attached hydrogen (secondary N) is 1. The molecule has 0 saturated heterocycles. The average Bonchev–Trinajstić information content (AvgIpc) is 1.82. The summed E-state index contributed by atoms with van der Waals surface area (Å²) < 4.78 is -0.119. The van der Waals surface area contributed by atoms with Crippen molar-refractivity contribution in [1.29, 1.82) is 0 Å². The first-order valence-electron chi connectivity index (χ1n) is 3.11. The first kappa shape index (κ1) is 9.87. The molecule has 4 heteroatoms. The zero-order valence-corrected chi connectivity index (χ0v) is 7.97. The summed E-state index contributed by atoms with van der Waals surface area (Å²) in [5, 5.41) is 2.60. The highest BCUT2D eigenvalue weighted by Crippen LogP contribution is 1.91. The van der Waals surface area contributed by atoms with Crippen molar-refractivity contribution < 1.29 is 9.59 Å². The minimum atomic E-state index is -0.179. The summed E-state index contributed by atoms with van der Waals surface area (Å²) in [6.45, 7) is 2.62. The second kappa shape index (κ2) is 5.64. The van der Waals surface area contributed by atoms with Gasteiger partial charge in [-0.15, -0.1) is 0 Å². The number of carbonyl (C=O) groups is 2. The Kier molecular flexibility index (Phi) is 5.57. The molecule has 0 fully saturated rings. The molecule has 0 radical (unpaired) electrons. The molecule has 0 aromatic heterocycles. The highest BCUT2D eigenvalue weighted by molar-refractivity contribution is 14.1. The Balaban J connectivity index is 3.35. The number of hydrogen-bond donors (Lipinski definition) is 1. The molecular weight excluding hydrogens is 245 g/mol. The Morgan fingerprint density at radius 3 is 2.50 bits per heavy atom. The Morgan fingerprint density at radius 1 is 1.50 bits per heavy atom. The van der Waals surface area contributed by atoms with E-state index in [0.29, 0.717) is 6.54 Å². The van der Waals surface area contributed by atoms with Crippen LogP contribution in [-0.2, 0) is 9.59 Å². The molecule has 0 aliphatic heterocycles. The lowest BCUT2D eigenvalue weighted by Gasteiger charge is -1.98. The van der Waals surface area contributed by atoms with E-state index in [9.17, 15) is 9.59 Å². The number of amides is 1. The zero-order chi connectivity index (χ0) is 7.98. The SMILES string of the molecule is CCCNC(=O)CC(=O)I. The van der Waals surface area contributed by atoms with E-state index in [4.69, 9.17) is 0 Å². The maximum Gasteiger partial charge on any atom is 0.228 e. The third-order valence-electron chi connectivity index (χ3n) is 0.872. The molecule has 0 bridgehead atoms. The maximum atomic E-state index is 10.7. The molecule has 0 unspecified atom stereocenters. The van der Waals surface area contributed by atoms with Crippen molar-refractivity contribution in [3.05, 3.63) is 0 Å². The molecule has 10 heavy (non-hydrogen) atoms. The molecule has 0 atom stereocenters. The molecule has 0 heterocycles. The van der Waals surface area contributed by atoms with Crippen molar-refractivity contribution in [2.24, 2.45) is 0 Å². The normalized spacial score (nSPS) is 9.00. The van der Waals surface area contributed by atoms with E-state index < -0.39 is 0 Å². The predicted molar refractivity (Wildman–Crippen MR) is 46.9 cm³/mol. The number of halogens is 1. The third-order valence-corrected chi connectivity index (χ3v) is 1.25. The molecule has 0 aliphatic rings. The highest BCUT2D eigenvalue weighted by Gasteiger charge is 2.03. The van der Waals surface area contributed by atoms with Crippen LogP contribution in [0.3, 0.4) is 0 Å². The van der Waals surface area contributed by atoms with Crippen LogP contribution in [0.25, 0.3) is 0 Å². The molecule has 1 amide bonds. The molecular formula is C6H10INO2. The summed E-state index contributed by atoms with van der Waals surface area (Å²) in [4.78, 5) is 21.0. The topological polar surface area (TPSA) is 46.2 Å². The van der Waals surface area contributed by atoms with E-state index in [-0.39, 0.29) is 16.1 Å². The Morgan fingerprint density at radius 2 is 2.10 bits per heavy atom. The molecule has 0 rings (SSSR count). The van der Waals surface area contributed by atoms with Crippen molar-refractivity contribution in [3.63, 3.8) is 0 Å². The van der Waals surface area contributed by atoms with Crippen LogP contribution in [0.15, 0.2) is 0 Å². The summed E-state index contributed by atoms with van der Waals surface area (Å²) in [7, 11) is 0. The molecule has 0 aliphatic carbocycles. The summed E-state index contributed by atoms with van der Waals surface area (Å²) in [5.41, 5.74) is 0. The molecule has 0 aromatic rings. The van der Waals surface area contributed by atoms with Crippen molar-refractivity contribution in [1.82, 2.24) is 5.32 Å². The largest absolute Gasteiger partial charge is 0.356 e. The van der Waals surface area contributed by atoms with Crippen LogP contribution >= 0.6 is 22.6 Å². The Bertz CT molecular complexity index is 136. The summed E-state index contributed by atoms with van der Waals surface area (Å²) in [5.74, 6) is -0.179. The van der Waals surface area contributed by atoms with Crippen molar-refractivity contribution in [3.8, 4) is 0 Å². The molecule has 0 saturated carbocycles. The van der Waals surface area contributed by atoms with Crippen LogP contribution in [-0.4, -0.2) is 16.2 Å². The van der Waals surface area contributed by atoms with E-state index in [1.807, 2.05) is 6.92 Å². The van der Waals surface area contributed by atoms with Gasteiger partial charge in [0.05, 0.1) is 6.42 Å². The Hall–Kier alpha value is -0.130. The lowest BCUT2D eigenvalue weighted by atomic mass is 10.4. The van der Waals surface area contributed by atoms with Gasteiger partial charge in [0, 0.05) is 29.1 Å². The standard InChI is InChI=1S/C6H10INO2/c1-2-3-8-6(10)4-5(7)9/h2-4H2,1H3,(H,8,10). The lowest BCUT2D eigenvalue weighted by molar-refractivity contribution is -0.124. The quantitative estimate of drug-likeness (QED) is 0.460. The van der Waals surface area contributed by atoms with Gasteiger partial charge >= 0.3 is 0 Å². The minimum absolute atomic E-state index is 0.000556. The van der Waals surface area contributed by atoms with Crippen LogP contribution in [0.5, 0.6) is 0 Å². The van der Waals surface area contributed by atoms with E-state index in [1.165, 1.54) is 0 Å². The summed E-state index contributed by atoms with van der Waals surface area (Å²) >= 11 is 1.61. The van der Waals surface area contributed by atoms with Crippen LogP contribution < -0.4 is 5.32 Å². The van der Waals surface area contributed by atoms with Gasteiger partial charge in [0.15, 0.2) is 0 Å². The van der Waals surface area contributed by atoms with Crippen molar-refractivity contribution in [2.45, 2.75) is 19.8 Å². The monoisotopic (exact) mass is 255 g/mol. The number of carbonyl (C=O) groups excluding carboxylic acids is 2. The molecule has 3 nitrogen and oxygen atoms in total. The van der Waals surface area contributed by atoms with Gasteiger partial charge in [-0.3, -0.25) is 9.59 Å². The first-order chi connectivity index (χ1) is 4.66. The van der Waals surface area contributed by atoms with Gasteiger partial charge in [-0.1, -0.05) is 6.92 Å². The van der Waals surface area contributed by atoms with E-state index in [2.05, 4.69) is 5.32 Å². The Labute approximate surface area is 73.7 Å². The summed E-state index contributed by atoms with van der Waals surface area (Å²) in [6, 6.07) is 0. The molecule has 1 N–H and O–H groups in total. The smallest absolute Gasteiger partial charge is 0.228 e. The van der Waals surface area contributed by atoms with Crippen molar-refractivity contribution >= 4 is 32.3 Å². The zero-order valence-electron chi connectivity index (χ0n) is 5.82. The van der Waals surface area contributed by atoms with Gasteiger partial charge < -0.3 is 5.32 Å². The van der Waals surface area contributed by atoms with E-state index in [1.54, 1.807) is 22.6 Å². The van der Waals surface area contributed by atoms with Crippen LogP contribution in [0.1, 0.15) is 19.8 Å². The van der Waals surface area contributed by atoms with E-state index >= 15 is 0 Å². The fraction of sp³-hybridized carbons (Fsp3) is 0.667. The van der Waals surface area contributed by atoms with Crippen LogP contribution in [0.2, 0.25) is 0 Å². The maximum absolute atomic E-state index is 10.7. The molecule has 0 spiro atoms. The predicted octanol–water partition coefficient (Wildman–Crippen LogP) is 0.864. The van der Waals surface area contributed by atoms with Crippen LogP contribution in [0.4, 0.5) is 0 Å².